The van der Waals surface area contributed by atoms with Gasteiger partial charge in [0.15, 0.2) is 11.0 Å². The van der Waals surface area contributed by atoms with Crippen molar-refractivity contribution in [2.24, 2.45) is 5.10 Å². The monoisotopic (exact) mass is 383 g/mol. The summed E-state index contributed by atoms with van der Waals surface area (Å²) in [7, 11) is 0. The summed E-state index contributed by atoms with van der Waals surface area (Å²) in [6.45, 7) is 2.69. The van der Waals surface area contributed by atoms with E-state index in [9.17, 15) is 9.18 Å². The Balaban J connectivity index is 1.59. The molecule has 0 aliphatic carbocycles. The average molecular weight is 383 g/mol. The topological polar surface area (TPSA) is 72.2 Å². The van der Waals surface area contributed by atoms with Crippen molar-refractivity contribution in [2.75, 3.05) is 5.75 Å². The minimum absolute atomic E-state index is 0.127. The minimum Gasteiger partial charge on any atom is -0.302 e. The van der Waals surface area contributed by atoms with Crippen LogP contribution in [0.2, 0.25) is 0 Å². The first-order valence-corrected chi connectivity index (χ1v) is 9.35. The second kappa shape index (κ2) is 9.09. The molecule has 27 heavy (non-hydrogen) atoms. The van der Waals surface area contributed by atoms with Crippen molar-refractivity contribution in [1.82, 2.24) is 20.2 Å². The highest BCUT2D eigenvalue weighted by molar-refractivity contribution is 7.99. The third-order valence-corrected chi connectivity index (χ3v) is 4.66. The summed E-state index contributed by atoms with van der Waals surface area (Å²) in [5.74, 6) is 0.189. The maximum absolute atomic E-state index is 13.5. The molecule has 6 nitrogen and oxygen atoms in total. The second-order valence-electron chi connectivity index (χ2n) is 5.52. The van der Waals surface area contributed by atoms with Gasteiger partial charge < -0.3 is 4.57 Å². The zero-order valence-electron chi connectivity index (χ0n) is 14.7. The van der Waals surface area contributed by atoms with Crippen LogP contribution in [0.1, 0.15) is 12.5 Å². The van der Waals surface area contributed by atoms with Gasteiger partial charge in [-0.15, -0.1) is 10.2 Å². The van der Waals surface area contributed by atoms with E-state index in [2.05, 4.69) is 20.7 Å². The normalized spacial score (nSPS) is 11.0. The van der Waals surface area contributed by atoms with Crippen LogP contribution >= 0.6 is 11.8 Å². The standard InChI is InChI=1S/C19H18FN5OS/c1-2-25-18(14-8-4-3-5-9-14)23-24-19(25)27-13-17(26)22-21-12-15-10-6-7-11-16(15)20/h3-12H,2,13H2,1H3,(H,22,26)/b21-12+. The molecule has 1 aromatic heterocycles. The average Bonchev–Trinajstić information content (AvgIpc) is 3.11. The van der Waals surface area contributed by atoms with Crippen LogP contribution in [0.15, 0.2) is 64.9 Å². The zero-order chi connectivity index (χ0) is 19.1. The summed E-state index contributed by atoms with van der Waals surface area (Å²) in [5.41, 5.74) is 3.67. The quantitative estimate of drug-likeness (QED) is 0.386. The van der Waals surface area contributed by atoms with Gasteiger partial charge in [0, 0.05) is 17.7 Å². The number of carbonyl (C=O) groups is 1. The molecule has 0 saturated carbocycles. The van der Waals surface area contributed by atoms with Gasteiger partial charge in [-0.05, 0) is 13.0 Å². The molecule has 0 bridgehead atoms. The van der Waals surface area contributed by atoms with Crippen molar-refractivity contribution >= 4 is 23.9 Å². The highest BCUT2D eigenvalue weighted by Gasteiger charge is 2.14. The first kappa shape index (κ1) is 18.8. The van der Waals surface area contributed by atoms with Gasteiger partial charge in [0.05, 0.1) is 12.0 Å². The van der Waals surface area contributed by atoms with E-state index >= 15 is 0 Å². The molecular weight excluding hydrogens is 365 g/mol. The van der Waals surface area contributed by atoms with E-state index in [1.54, 1.807) is 18.2 Å². The van der Waals surface area contributed by atoms with Crippen molar-refractivity contribution in [3.05, 3.63) is 66.0 Å². The molecule has 0 radical (unpaired) electrons. The first-order valence-electron chi connectivity index (χ1n) is 8.37. The number of hydrogen-bond acceptors (Lipinski definition) is 5. The van der Waals surface area contributed by atoms with E-state index in [0.29, 0.717) is 17.3 Å². The van der Waals surface area contributed by atoms with Gasteiger partial charge in [0.2, 0.25) is 0 Å². The Morgan fingerprint density at radius 3 is 2.67 bits per heavy atom. The van der Waals surface area contributed by atoms with Crippen molar-refractivity contribution in [1.29, 1.82) is 0 Å². The van der Waals surface area contributed by atoms with Crippen LogP contribution in [0.25, 0.3) is 11.4 Å². The molecule has 0 fully saturated rings. The molecule has 1 amide bonds. The fraction of sp³-hybridized carbons (Fsp3) is 0.158. The lowest BCUT2D eigenvalue weighted by atomic mass is 10.2. The summed E-state index contributed by atoms with van der Waals surface area (Å²) in [6, 6.07) is 16.0. The highest BCUT2D eigenvalue weighted by atomic mass is 32.2. The zero-order valence-corrected chi connectivity index (χ0v) is 15.5. The third-order valence-electron chi connectivity index (χ3n) is 3.70. The molecule has 0 aliphatic heterocycles. The van der Waals surface area contributed by atoms with Crippen LogP contribution in [0.3, 0.4) is 0 Å². The van der Waals surface area contributed by atoms with E-state index in [1.807, 2.05) is 41.8 Å². The number of aromatic nitrogens is 3. The molecule has 3 rings (SSSR count). The van der Waals surface area contributed by atoms with Gasteiger partial charge in [0.1, 0.15) is 5.82 Å². The molecule has 3 aromatic rings. The van der Waals surface area contributed by atoms with Crippen molar-refractivity contribution < 1.29 is 9.18 Å². The Kier molecular flexibility index (Phi) is 6.32. The van der Waals surface area contributed by atoms with Gasteiger partial charge in [-0.1, -0.05) is 60.3 Å². The summed E-state index contributed by atoms with van der Waals surface area (Å²) in [5, 5.41) is 12.9. The summed E-state index contributed by atoms with van der Waals surface area (Å²) < 4.78 is 15.4. The van der Waals surface area contributed by atoms with Crippen LogP contribution < -0.4 is 5.43 Å². The van der Waals surface area contributed by atoms with Crippen LogP contribution in [0.4, 0.5) is 4.39 Å². The predicted octanol–water partition coefficient (Wildman–Crippen LogP) is 3.35. The molecule has 0 atom stereocenters. The van der Waals surface area contributed by atoms with Crippen LogP contribution in [-0.2, 0) is 11.3 Å². The van der Waals surface area contributed by atoms with Gasteiger partial charge in [-0.3, -0.25) is 4.79 Å². The lowest BCUT2D eigenvalue weighted by Crippen LogP contribution is -2.20. The van der Waals surface area contributed by atoms with Gasteiger partial charge in [-0.2, -0.15) is 5.10 Å². The molecule has 138 valence electrons. The van der Waals surface area contributed by atoms with Crippen LogP contribution in [0, 0.1) is 5.82 Å². The minimum atomic E-state index is -0.394. The van der Waals surface area contributed by atoms with Crippen molar-refractivity contribution in [3.63, 3.8) is 0 Å². The predicted molar refractivity (Wildman–Crippen MR) is 104 cm³/mol. The fourth-order valence-corrected chi connectivity index (χ4v) is 3.19. The highest BCUT2D eigenvalue weighted by Crippen LogP contribution is 2.23. The SMILES string of the molecule is CCn1c(SCC(=O)N/N=C/c2ccccc2F)nnc1-c1ccccc1. The lowest BCUT2D eigenvalue weighted by molar-refractivity contribution is -0.118. The second-order valence-corrected chi connectivity index (χ2v) is 6.46. The molecule has 0 aliphatic rings. The number of nitrogens with one attached hydrogen (secondary N) is 1. The maximum atomic E-state index is 13.5. The van der Waals surface area contributed by atoms with Crippen LogP contribution in [0.5, 0.6) is 0 Å². The Bertz CT molecular complexity index is 942. The number of thioether (sulfide) groups is 1. The Hall–Kier alpha value is -3.00. The van der Waals surface area contributed by atoms with Crippen molar-refractivity contribution in [2.45, 2.75) is 18.6 Å². The number of carbonyl (C=O) groups excluding carboxylic acids is 1. The molecule has 0 unspecified atom stereocenters. The van der Waals surface area contributed by atoms with E-state index in [1.165, 1.54) is 24.0 Å². The number of hydrogen-bond donors (Lipinski definition) is 1. The maximum Gasteiger partial charge on any atom is 0.250 e. The fourth-order valence-electron chi connectivity index (χ4n) is 2.40. The van der Waals surface area contributed by atoms with E-state index in [0.717, 1.165) is 11.4 Å². The molecule has 8 heteroatoms. The molecule has 1 N–H and O–H groups in total. The van der Waals surface area contributed by atoms with Gasteiger partial charge >= 0.3 is 0 Å². The summed E-state index contributed by atoms with van der Waals surface area (Å²) in [4.78, 5) is 12.0. The number of hydrazone groups is 1. The molecule has 1 heterocycles. The third kappa shape index (κ3) is 4.79. The Labute approximate surface area is 160 Å². The van der Waals surface area contributed by atoms with Crippen molar-refractivity contribution in [3.8, 4) is 11.4 Å². The number of nitrogens with zero attached hydrogens (tertiary/aromatic N) is 4. The Morgan fingerprint density at radius 2 is 1.93 bits per heavy atom. The smallest absolute Gasteiger partial charge is 0.250 e. The Morgan fingerprint density at radius 1 is 1.19 bits per heavy atom. The largest absolute Gasteiger partial charge is 0.302 e. The summed E-state index contributed by atoms with van der Waals surface area (Å²) >= 11 is 1.27. The number of rotatable bonds is 7. The molecule has 0 saturated heterocycles. The van der Waals surface area contributed by atoms with Gasteiger partial charge in [-0.25, -0.2) is 9.82 Å². The van der Waals surface area contributed by atoms with E-state index in [-0.39, 0.29) is 11.7 Å². The lowest BCUT2D eigenvalue weighted by Gasteiger charge is -2.06. The number of halogens is 1. The number of amides is 1. The first-order chi connectivity index (χ1) is 13.2. The number of benzene rings is 2. The molecule has 2 aromatic carbocycles. The molecular formula is C19H18FN5OS. The van der Waals surface area contributed by atoms with E-state index < -0.39 is 5.82 Å². The van der Waals surface area contributed by atoms with E-state index in [4.69, 9.17) is 0 Å². The molecule has 0 spiro atoms. The van der Waals surface area contributed by atoms with Crippen LogP contribution in [-0.4, -0.2) is 32.6 Å². The van der Waals surface area contributed by atoms with Gasteiger partial charge in [0.25, 0.3) is 5.91 Å². The summed E-state index contributed by atoms with van der Waals surface area (Å²) in [6.07, 6.45) is 1.28.